The Labute approximate surface area is 135 Å². The molecule has 0 fully saturated rings. The molecule has 1 atom stereocenters. The van der Waals surface area contributed by atoms with Crippen LogP contribution >= 0.6 is 0 Å². The Morgan fingerprint density at radius 2 is 1.77 bits per heavy atom. The van der Waals surface area contributed by atoms with Gasteiger partial charge in [-0.2, -0.15) is 0 Å². The molecule has 4 nitrogen and oxygen atoms in total. The molecule has 0 saturated heterocycles. The number of anilines is 2. The van der Waals surface area contributed by atoms with Gasteiger partial charge in [-0.1, -0.05) is 27.7 Å². The molecular weight excluding hydrogens is 274 g/mol. The number of benzene rings is 1. The van der Waals surface area contributed by atoms with Gasteiger partial charge in [-0.3, -0.25) is 4.99 Å². The second kappa shape index (κ2) is 7.63. The minimum Gasteiger partial charge on any atom is -0.397 e. The fourth-order valence-electron chi connectivity index (χ4n) is 2.38. The molecule has 0 aliphatic heterocycles. The number of hydrogen-bond acceptors (Lipinski definition) is 4. The van der Waals surface area contributed by atoms with E-state index in [1.807, 2.05) is 25.9 Å². The fraction of sp³-hybridized carbons (Fsp3) is 0.611. The molecule has 1 rings (SSSR count). The topological polar surface area (TPSA) is 61.9 Å². The lowest BCUT2D eigenvalue weighted by molar-refractivity contribution is 0.274. The van der Waals surface area contributed by atoms with Gasteiger partial charge in [0.05, 0.1) is 24.0 Å². The van der Waals surface area contributed by atoms with E-state index >= 15 is 0 Å². The Bertz CT molecular complexity index is 533. The van der Waals surface area contributed by atoms with Gasteiger partial charge in [0.15, 0.2) is 0 Å². The Balaban J connectivity index is 3.57. The van der Waals surface area contributed by atoms with E-state index in [9.17, 15) is 5.11 Å². The van der Waals surface area contributed by atoms with Crippen LogP contribution in [-0.2, 0) is 0 Å². The van der Waals surface area contributed by atoms with Crippen molar-refractivity contribution in [3.05, 3.63) is 23.3 Å². The summed E-state index contributed by atoms with van der Waals surface area (Å²) in [7, 11) is 4.00. The van der Waals surface area contributed by atoms with Gasteiger partial charge in [0.25, 0.3) is 0 Å². The maximum absolute atomic E-state index is 9.32. The molecule has 1 aromatic rings. The summed E-state index contributed by atoms with van der Waals surface area (Å²) >= 11 is 0. The molecule has 0 aliphatic rings. The monoisotopic (exact) mass is 305 g/mol. The summed E-state index contributed by atoms with van der Waals surface area (Å²) in [4.78, 5) is 6.73. The first-order valence-corrected chi connectivity index (χ1v) is 7.98. The van der Waals surface area contributed by atoms with Crippen molar-refractivity contribution in [2.24, 2.45) is 10.9 Å². The Morgan fingerprint density at radius 3 is 2.18 bits per heavy atom. The van der Waals surface area contributed by atoms with Crippen LogP contribution in [0.4, 0.5) is 11.4 Å². The molecule has 22 heavy (non-hydrogen) atoms. The molecule has 1 aromatic carbocycles. The van der Waals surface area contributed by atoms with Crippen molar-refractivity contribution in [3.8, 4) is 0 Å². The Kier molecular flexibility index (Phi) is 6.42. The standard InChI is InChI=1S/C18H31N3O/c1-11(2)14-8-15(17(19)16(9-14)21(6)7)18(12(3)4)20-13(5)10-22/h8-9,11-13,22H,10,19H2,1-7H3. The van der Waals surface area contributed by atoms with E-state index in [4.69, 9.17) is 10.7 Å². The third kappa shape index (κ3) is 4.23. The highest BCUT2D eigenvalue weighted by Gasteiger charge is 2.18. The van der Waals surface area contributed by atoms with E-state index in [-0.39, 0.29) is 18.6 Å². The summed E-state index contributed by atoms with van der Waals surface area (Å²) < 4.78 is 0. The predicted molar refractivity (Wildman–Crippen MR) is 97.2 cm³/mol. The van der Waals surface area contributed by atoms with Crippen LogP contribution in [0.2, 0.25) is 0 Å². The van der Waals surface area contributed by atoms with Crippen molar-refractivity contribution in [1.29, 1.82) is 0 Å². The predicted octanol–water partition coefficient (Wildman–Crippen LogP) is 3.28. The zero-order valence-corrected chi connectivity index (χ0v) is 15.0. The normalized spacial score (nSPS) is 13.8. The Morgan fingerprint density at radius 1 is 1.18 bits per heavy atom. The van der Waals surface area contributed by atoms with Gasteiger partial charge >= 0.3 is 0 Å². The van der Waals surface area contributed by atoms with Crippen LogP contribution in [0.3, 0.4) is 0 Å². The van der Waals surface area contributed by atoms with Crippen LogP contribution in [0.5, 0.6) is 0 Å². The average molecular weight is 305 g/mol. The lowest BCUT2D eigenvalue weighted by Crippen LogP contribution is -2.20. The van der Waals surface area contributed by atoms with Crippen molar-refractivity contribution >= 4 is 17.1 Å². The molecular formula is C18H31N3O. The van der Waals surface area contributed by atoms with Crippen molar-refractivity contribution in [2.75, 3.05) is 31.3 Å². The summed E-state index contributed by atoms with van der Waals surface area (Å²) in [6, 6.07) is 4.18. The van der Waals surface area contributed by atoms with Crippen molar-refractivity contribution in [2.45, 2.75) is 46.6 Å². The molecule has 0 spiro atoms. The molecule has 1 unspecified atom stereocenters. The largest absolute Gasteiger partial charge is 0.397 e. The van der Waals surface area contributed by atoms with Crippen molar-refractivity contribution in [1.82, 2.24) is 0 Å². The van der Waals surface area contributed by atoms with Gasteiger partial charge in [-0.05, 0) is 36.5 Å². The van der Waals surface area contributed by atoms with E-state index in [2.05, 4.69) is 39.8 Å². The Hall–Kier alpha value is -1.55. The molecule has 0 aromatic heterocycles. The van der Waals surface area contributed by atoms with E-state index in [0.29, 0.717) is 5.92 Å². The van der Waals surface area contributed by atoms with Crippen LogP contribution in [-0.4, -0.2) is 37.6 Å². The highest BCUT2D eigenvalue weighted by molar-refractivity contribution is 6.08. The molecule has 4 heteroatoms. The molecule has 124 valence electrons. The lowest BCUT2D eigenvalue weighted by atomic mass is 9.92. The zero-order chi connectivity index (χ0) is 17.0. The second-order valence-electron chi connectivity index (χ2n) is 6.75. The number of nitrogens with two attached hydrogens (primary N) is 1. The number of nitrogen functional groups attached to an aromatic ring is 1. The quantitative estimate of drug-likeness (QED) is 0.626. The van der Waals surface area contributed by atoms with Crippen LogP contribution in [0.15, 0.2) is 17.1 Å². The van der Waals surface area contributed by atoms with Crippen LogP contribution in [0, 0.1) is 5.92 Å². The molecule has 0 amide bonds. The van der Waals surface area contributed by atoms with Gasteiger partial charge in [0.2, 0.25) is 0 Å². The number of hydrogen-bond donors (Lipinski definition) is 2. The highest BCUT2D eigenvalue weighted by Crippen LogP contribution is 2.32. The smallest absolute Gasteiger partial charge is 0.0705 e. The molecule has 0 heterocycles. The first-order chi connectivity index (χ1) is 10.2. The van der Waals surface area contributed by atoms with Crippen molar-refractivity contribution < 1.29 is 5.11 Å². The molecule has 0 bridgehead atoms. The van der Waals surface area contributed by atoms with E-state index in [0.717, 1.165) is 22.6 Å². The van der Waals surface area contributed by atoms with Crippen LogP contribution in [0.25, 0.3) is 0 Å². The second-order valence-corrected chi connectivity index (χ2v) is 6.75. The first kappa shape index (κ1) is 18.5. The summed E-state index contributed by atoms with van der Waals surface area (Å²) in [6.07, 6.45) is 0. The van der Waals surface area contributed by atoms with E-state index in [1.54, 1.807) is 0 Å². The van der Waals surface area contributed by atoms with Crippen LogP contribution < -0.4 is 10.6 Å². The summed E-state index contributed by atoms with van der Waals surface area (Å²) in [6.45, 7) is 10.5. The lowest BCUT2D eigenvalue weighted by Gasteiger charge is -2.23. The van der Waals surface area contributed by atoms with Gasteiger partial charge < -0.3 is 15.7 Å². The highest BCUT2D eigenvalue weighted by atomic mass is 16.3. The van der Waals surface area contributed by atoms with E-state index in [1.165, 1.54) is 5.56 Å². The zero-order valence-electron chi connectivity index (χ0n) is 15.0. The minimum atomic E-state index is -0.123. The molecule has 0 radical (unpaired) electrons. The van der Waals surface area contributed by atoms with Gasteiger partial charge in [0.1, 0.15) is 0 Å². The van der Waals surface area contributed by atoms with Crippen LogP contribution in [0.1, 0.15) is 51.7 Å². The van der Waals surface area contributed by atoms with Gasteiger partial charge in [-0.15, -0.1) is 0 Å². The minimum absolute atomic E-state index is 0.0422. The van der Waals surface area contributed by atoms with Crippen molar-refractivity contribution in [3.63, 3.8) is 0 Å². The number of aliphatic hydroxyl groups excluding tert-OH is 1. The maximum Gasteiger partial charge on any atom is 0.0705 e. The first-order valence-electron chi connectivity index (χ1n) is 7.98. The fourth-order valence-corrected chi connectivity index (χ4v) is 2.38. The third-order valence-electron chi connectivity index (χ3n) is 3.78. The molecule has 0 saturated carbocycles. The molecule has 0 aliphatic carbocycles. The van der Waals surface area contributed by atoms with Gasteiger partial charge in [-0.25, -0.2) is 0 Å². The third-order valence-corrected chi connectivity index (χ3v) is 3.78. The number of aliphatic hydroxyl groups is 1. The van der Waals surface area contributed by atoms with Gasteiger partial charge in [0, 0.05) is 25.4 Å². The summed E-state index contributed by atoms with van der Waals surface area (Å²) in [5, 5.41) is 9.32. The summed E-state index contributed by atoms with van der Waals surface area (Å²) in [5.41, 5.74) is 11.4. The number of nitrogens with zero attached hydrogens (tertiary/aromatic N) is 2. The maximum atomic E-state index is 9.32. The number of aliphatic imine (C=N–C) groups is 1. The van der Waals surface area contributed by atoms with E-state index < -0.39 is 0 Å². The summed E-state index contributed by atoms with van der Waals surface area (Å²) in [5.74, 6) is 0.662. The molecule has 3 N–H and O–H groups in total. The number of rotatable bonds is 6. The average Bonchev–Trinajstić information content (AvgIpc) is 2.44. The SMILES string of the molecule is CC(CO)N=C(c1cc(C(C)C)cc(N(C)C)c1N)C(C)C.